The standard InChI is InChI=1S/C11H11BrN2O/c1-6(12)8-3-4-10-9(5-8)11(15)14-7(2)13-10/h3-6H,1-2H3,(H,13,14,15). The van der Waals surface area contributed by atoms with E-state index in [1.807, 2.05) is 25.1 Å². The van der Waals surface area contributed by atoms with E-state index in [4.69, 9.17) is 0 Å². The Morgan fingerprint density at radius 2 is 2.20 bits per heavy atom. The second kappa shape index (κ2) is 3.77. The van der Waals surface area contributed by atoms with Crippen LogP contribution in [-0.2, 0) is 0 Å². The Morgan fingerprint density at radius 1 is 1.47 bits per heavy atom. The summed E-state index contributed by atoms with van der Waals surface area (Å²) in [5.41, 5.74) is 1.75. The van der Waals surface area contributed by atoms with Gasteiger partial charge in [0.25, 0.3) is 5.56 Å². The molecule has 1 unspecified atom stereocenters. The Labute approximate surface area is 95.7 Å². The van der Waals surface area contributed by atoms with Gasteiger partial charge in [0, 0.05) is 4.83 Å². The SMILES string of the molecule is Cc1nc2ccc(C(C)Br)cc2c(=O)[nH]1. The minimum absolute atomic E-state index is 0.0764. The van der Waals surface area contributed by atoms with Crippen LogP contribution >= 0.6 is 15.9 Å². The van der Waals surface area contributed by atoms with E-state index in [0.29, 0.717) is 11.2 Å². The molecule has 2 aromatic rings. The first-order valence-electron chi connectivity index (χ1n) is 4.72. The summed E-state index contributed by atoms with van der Waals surface area (Å²) in [7, 11) is 0. The summed E-state index contributed by atoms with van der Waals surface area (Å²) in [6.45, 7) is 3.80. The van der Waals surface area contributed by atoms with Crippen LogP contribution in [0.5, 0.6) is 0 Å². The molecular weight excluding hydrogens is 256 g/mol. The fraction of sp³-hybridized carbons (Fsp3) is 0.273. The van der Waals surface area contributed by atoms with Gasteiger partial charge in [-0.25, -0.2) is 4.98 Å². The summed E-state index contributed by atoms with van der Waals surface area (Å²) in [6.07, 6.45) is 0. The molecule has 1 aromatic carbocycles. The Balaban J connectivity index is 2.77. The van der Waals surface area contributed by atoms with E-state index in [1.165, 1.54) is 0 Å². The molecule has 0 fully saturated rings. The van der Waals surface area contributed by atoms with Crippen LogP contribution in [0.25, 0.3) is 10.9 Å². The van der Waals surface area contributed by atoms with Crippen molar-refractivity contribution in [2.24, 2.45) is 0 Å². The number of nitrogens with zero attached hydrogens (tertiary/aromatic N) is 1. The highest BCUT2D eigenvalue weighted by molar-refractivity contribution is 9.09. The van der Waals surface area contributed by atoms with Crippen molar-refractivity contribution < 1.29 is 0 Å². The number of hydrogen-bond acceptors (Lipinski definition) is 2. The van der Waals surface area contributed by atoms with Crippen LogP contribution in [0.15, 0.2) is 23.0 Å². The topological polar surface area (TPSA) is 45.8 Å². The van der Waals surface area contributed by atoms with Gasteiger partial charge in [-0.05, 0) is 31.5 Å². The third kappa shape index (κ3) is 1.95. The normalized spacial score (nSPS) is 13.0. The molecule has 1 N–H and O–H groups in total. The predicted octanol–water partition coefficient (Wildman–Crippen LogP) is 2.69. The van der Waals surface area contributed by atoms with E-state index < -0.39 is 0 Å². The zero-order chi connectivity index (χ0) is 11.0. The molecule has 0 aliphatic rings. The molecule has 78 valence electrons. The molecule has 0 saturated heterocycles. The van der Waals surface area contributed by atoms with Gasteiger partial charge in [-0.3, -0.25) is 4.79 Å². The second-order valence-electron chi connectivity index (χ2n) is 3.54. The largest absolute Gasteiger partial charge is 0.310 e. The summed E-state index contributed by atoms with van der Waals surface area (Å²) in [5.74, 6) is 0.646. The fourth-order valence-corrected chi connectivity index (χ4v) is 1.81. The van der Waals surface area contributed by atoms with Crippen molar-refractivity contribution in [2.45, 2.75) is 18.7 Å². The first kappa shape index (κ1) is 10.4. The minimum atomic E-state index is -0.0764. The summed E-state index contributed by atoms with van der Waals surface area (Å²) in [4.78, 5) is 18.9. The number of H-pyrrole nitrogens is 1. The summed E-state index contributed by atoms with van der Waals surface area (Å²) >= 11 is 3.47. The van der Waals surface area contributed by atoms with Gasteiger partial charge in [0.05, 0.1) is 10.9 Å². The van der Waals surface area contributed by atoms with Crippen LogP contribution in [-0.4, -0.2) is 9.97 Å². The van der Waals surface area contributed by atoms with Crippen molar-refractivity contribution in [3.8, 4) is 0 Å². The Kier molecular flexibility index (Phi) is 2.61. The lowest BCUT2D eigenvalue weighted by Crippen LogP contribution is -2.09. The van der Waals surface area contributed by atoms with Crippen LogP contribution in [0.3, 0.4) is 0 Å². The van der Waals surface area contributed by atoms with Crippen LogP contribution in [0.1, 0.15) is 23.1 Å². The smallest absolute Gasteiger partial charge is 0.258 e. The molecule has 1 heterocycles. The zero-order valence-corrected chi connectivity index (χ0v) is 10.1. The molecule has 1 atom stereocenters. The number of fused-ring (bicyclic) bond motifs is 1. The van der Waals surface area contributed by atoms with E-state index in [-0.39, 0.29) is 10.4 Å². The molecule has 4 heteroatoms. The monoisotopic (exact) mass is 266 g/mol. The highest BCUT2D eigenvalue weighted by Crippen LogP contribution is 2.23. The number of hydrogen-bond donors (Lipinski definition) is 1. The minimum Gasteiger partial charge on any atom is -0.310 e. The maximum Gasteiger partial charge on any atom is 0.258 e. The molecule has 0 radical (unpaired) electrons. The number of rotatable bonds is 1. The molecule has 0 bridgehead atoms. The predicted molar refractivity (Wildman–Crippen MR) is 64.4 cm³/mol. The summed E-state index contributed by atoms with van der Waals surface area (Å²) < 4.78 is 0. The van der Waals surface area contributed by atoms with Gasteiger partial charge in [-0.15, -0.1) is 0 Å². The lowest BCUT2D eigenvalue weighted by molar-refractivity contribution is 1.05. The first-order chi connectivity index (χ1) is 7.08. The maximum atomic E-state index is 11.7. The average Bonchev–Trinajstić information content (AvgIpc) is 2.16. The van der Waals surface area contributed by atoms with E-state index in [0.717, 1.165) is 11.1 Å². The van der Waals surface area contributed by atoms with Crippen molar-refractivity contribution in [1.82, 2.24) is 9.97 Å². The van der Waals surface area contributed by atoms with Crippen LogP contribution < -0.4 is 5.56 Å². The van der Waals surface area contributed by atoms with Gasteiger partial charge in [0.2, 0.25) is 0 Å². The number of aromatic amines is 1. The van der Waals surface area contributed by atoms with Crippen molar-refractivity contribution in [1.29, 1.82) is 0 Å². The molecule has 0 aliphatic carbocycles. The lowest BCUT2D eigenvalue weighted by atomic mass is 10.1. The molecule has 15 heavy (non-hydrogen) atoms. The first-order valence-corrected chi connectivity index (χ1v) is 5.64. The number of halogens is 1. The molecular formula is C11H11BrN2O. The number of benzene rings is 1. The Hall–Kier alpha value is -1.16. The highest BCUT2D eigenvalue weighted by Gasteiger charge is 2.05. The van der Waals surface area contributed by atoms with Crippen molar-refractivity contribution in [3.05, 3.63) is 39.9 Å². The molecule has 1 aromatic heterocycles. The van der Waals surface area contributed by atoms with Gasteiger partial charge in [-0.2, -0.15) is 0 Å². The van der Waals surface area contributed by atoms with Gasteiger partial charge < -0.3 is 4.98 Å². The molecule has 2 rings (SSSR count). The van der Waals surface area contributed by atoms with Gasteiger partial charge in [-0.1, -0.05) is 22.0 Å². The number of aromatic nitrogens is 2. The van der Waals surface area contributed by atoms with Gasteiger partial charge >= 0.3 is 0 Å². The molecule has 0 spiro atoms. The number of nitrogens with one attached hydrogen (secondary N) is 1. The Morgan fingerprint density at radius 3 is 2.87 bits per heavy atom. The highest BCUT2D eigenvalue weighted by atomic mass is 79.9. The van der Waals surface area contributed by atoms with E-state index in [9.17, 15) is 4.79 Å². The van der Waals surface area contributed by atoms with Crippen molar-refractivity contribution in [3.63, 3.8) is 0 Å². The Bertz CT molecular complexity index is 560. The van der Waals surface area contributed by atoms with E-state index in [1.54, 1.807) is 6.92 Å². The summed E-state index contributed by atoms with van der Waals surface area (Å²) in [6, 6.07) is 5.73. The third-order valence-electron chi connectivity index (χ3n) is 2.31. The fourth-order valence-electron chi connectivity index (χ4n) is 1.52. The van der Waals surface area contributed by atoms with Crippen LogP contribution in [0.4, 0.5) is 0 Å². The number of aryl methyl sites for hydroxylation is 1. The average molecular weight is 267 g/mol. The van der Waals surface area contributed by atoms with Crippen LogP contribution in [0.2, 0.25) is 0 Å². The molecule has 3 nitrogen and oxygen atoms in total. The third-order valence-corrected chi connectivity index (χ3v) is 2.84. The summed E-state index contributed by atoms with van der Waals surface area (Å²) in [5, 5.41) is 0.643. The molecule has 0 aliphatic heterocycles. The van der Waals surface area contributed by atoms with Gasteiger partial charge in [0.15, 0.2) is 0 Å². The van der Waals surface area contributed by atoms with Crippen LogP contribution in [0, 0.1) is 6.92 Å². The van der Waals surface area contributed by atoms with E-state index in [2.05, 4.69) is 25.9 Å². The number of alkyl halides is 1. The molecule has 0 amide bonds. The quantitative estimate of drug-likeness (QED) is 0.807. The van der Waals surface area contributed by atoms with E-state index >= 15 is 0 Å². The van der Waals surface area contributed by atoms with Gasteiger partial charge in [0.1, 0.15) is 5.82 Å². The second-order valence-corrected chi connectivity index (χ2v) is 4.92. The zero-order valence-electron chi connectivity index (χ0n) is 8.54. The maximum absolute atomic E-state index is 11.7. The lowest BCUT2D eigenvalue weighted by Gasteiger charge is -2.04. The van der Waals surface area contributed by atoms with Crippen molar-refractivity contribution >= 4 is 26.8 Å². The molecule has 0 saturated carbocycles. The van der Waals surface area contributed by atoms with Crippen molar-refractivity contribution in [2.75, 3.05) is 0 Å².